The normalized spacial score (nSPS) is 33.2. The predicted octanol–water partition coefficient (Wildman–Crippen LogP) is 4.29. The lowest BCUT2D eigenvalue weighted by Crippen LogP contribution is -2.46. The van der Waals surface area contributed by atoms with Crippen molar-refractivity contribution in [3.63, 3.8) is 0 Å². The van der Waals surface area contributed by atoms with Crippen molar-refractivity contribution in [1.29, 1.82) is 0 Å². The van der Waals surface area contributed by atoms with Crippen molar-refractivity contribution in [3.05, 3.63) is 11.6 Å². The van der Waals surface area contributed by atoms with E-state index in [1.807, 2.05) is 0 Å². The van der Waals surface area contributed by atoms with Crippen LogP contribution in [0.4, 0.5) is 0 Å². The zero-order valence-electron chi connectivity index (χ0n) is 11.9. The molecule has 1 saturated carbocycles. The smallest absolute Gasteiger partial charge is 0.0153 e. The van der Waals surface area contributed by atoms with Gasteiger partial charge in [-0.15, -0.1) is 0 Å². The fraction of sp³-hybridized carbons (Fsp3) is 0.875. The average Bonchev–Trinajstić information content (AvgIpc) is 2.26. The summed E-state index contributed by atoms with van der Waals surface area (Å²) >= 11 is 0. The van der Waals surface area contributed by atoms with Gasteiger partial charge in [-0.1, -0.05) is 37.8 Å². The molecule has 98 valence electrons. The maximum absolute atomic E-state index is 3.88. The van der Waals surface area contributed by atoms with Crippen LogP contribution in [-0.4, -0.2) is 12.1 Å². The highest BCUT2D eigenvalue weighted by atomic mass is 15.0. The number of hydrogen-bond donors (Lipinski definition) is 1. The number of nitrogens with one attached hydrogen (secondary N) is 1. The Hall–Kier alpha value is -0.300. The molecule has 0 aromatic heterocycles. The van der Waals surface area contributed by atoms with E-state index < -0.39 is 0 Å². The van der Waals surface area contributed by atoms with Crippen LogP contribution < -0.4 is 5.32 Å². The Morgan fingerprint density at radius 1 is 1.29 bits per heavy atom. The van der Waals surface area contributed by atoms with Crippen molar-refractivity contribution in [2.45, 2.75) is 71.3 Å². The van der Waals surface area contributed by atoms with Gasteiger partial charge in [0.2, 0.25) is 0 Å². The summed E-state index contributed by atoms with van der Waals surface area (Å²) in [5.41, 5.74) is 2.04. The standard InChI is InChI=1S/C16H29N/c1-13-9-14(2)11-15(10-13)12-17-16(3)7-5-4-6-8-16/h9,13,15,17H,4-8,10-12H2,1-3H3. The molecule has 0 saturated heterocycles. The molecule has 2 aliphatic rings. The highest BCUT2D eigenvalue weighted by molar-refractivity contribution is 5.06. The van der Waals surface area contributed by atoms with Gasteiger partial charge in [-0.25, -0.2) is 0 Å². The first-order valence-corrected chi connectivity index (χ1v) is 7.50. The third-order valence-corrected chi connectivity index (χ3v) is 4.66. The molecule has 0 spiro atoms. The first kappa shape index (κ1) is 13.1. The lowest BCUT2D eigenvalue weighted by Gasteiger charge is -2.37. The minimum atomic E-state index is 0.441. The van der Waals surface area contributed by atoms with Crippen LogP contribution in [0.25, 0.3) is 0 Å². The van der Waals surface area contributed by atoms with Crippen molar-refractivity contribution in [3.8, 4) is 0 Å². The molecule has 1 nitrogen and oxygen atoms in total. The number of allylic oxidation sites excluding steroid dienone is 2. The highest BCUT2D eigenvalue weighted by Gasteiger charge is 2.27. The molecule has 1 N–H and O–H groups in total. The van der Waals surface area contributed by atoms with Crippen LogP contribution in [0.15, 0.2) is 11.6 Å². The van der Waals surface area contributed by atoms with Crippen molar-refractivity contribution >= 4 is 0 Å². The third-order valence-electron chi connectivity index (χ3n) is 4.66. The Kier molecular flexibility index (Phi) is 4.30. The van der Waals surface area contributed by atoms with Crippen molar-refractivity contribution in [2.24, 2.45) is 11.8 Å². The molecule has 2 atom stereocenters. The van der Waals surface area contributed by atoms with Gasteiger partial charge in [-0.3, -0.25) is 0 Å². The van der Waals surface area contributed by atoms with Crippen molar-refractivity contribution in [2.75, 3.05) is 6.54 Å². The van der Waals surface area contributed by atoms with Gasteiger partial charge >= 0.3 is 0 Å². The van der Waals surface area contributed by atoms with Gasteiger partial charge in [0.25, 0.3) is 0 Å². The fourth-order valence-electron chi connectivity index (χ4n) is 3.74. The van der Waals surface area contributed by atoms with E-state index in [1.54, 1.807) is 5.57 Å². The highest BCUT2D eigenvalue weighted by Crippen LogP contribution is 2.30. The molecule has 2 unspecified atom stereocenters. The molecule has 0 amide bonds. The zero-order chi connectivity index (χ0) is 12.3. The van der Waals surface area contributed by atoms with Gasteiger partial charge < -0.3 is 5.32 Å². The van der Waals surface area contributed by atoms with Crippen LogP contribution in [0.3, 0.4) is 0 Å². The molecular formula is C16H29N. The predicted molar refractivity (Wildman–Crippen MR) is 75.1 cm³/mol. The van der Waals surface area contributed by atoms with Gasteiger partial charge in [-0.2, -0.15) is 0 Å². The van der Waals surface area contributed by atoms with Crippen LogP contribution in [0.1, 0.15) is 65.7 Å². The molecule has 0 aliphatic heterocycles. The summed E-state index contributed by atoms with van der Waals surface area (Å²) in [7, 11) is 0. The number of rotatable bonds is 3. The average molecular weight is 235 g/mol. The van der Waals surface area contributed by atoms with Crippen molar-refractivity contribution in [1.82, 2.24) is 5.32 Å². The van der Waals surface area contributed by atoms with E-state index in [4.69, 9.17) is 0 Å². The fourth-order valence-corrected chi connectivity index (χ4v) is 3.74. The monoisotopic (exact) mass is 235 g/mol. The molecular weight excluding hydrogens is 206 g/mol. The summed E-state index contributed by atoms with van der Waals surface area (Å²) in [5.74, 6) is 1.66. The van der Waals surface area contributed by atoms with Gasteiger partial charge in [0.1, 0.15) is 0 Å². The largest absolute Gasteiger partial charge is 0.311 e. The van der Waals surface area contributed by atoms with Gasteiger partial charge in [0.15, 0.2) is 0 Å². The molecule has 0 heterocycles. The van der Waals surface area contributed by atoms with E-state index in [0.29, 0.717) is 5.54 Å². The van der Waals surface area contributed by atoms with Crippen LogP contribution in [-0.2, 0) is 0 Å². The second-order valence-corrected chi connectivity index (χ2v) is 6.80. The Morgan fingerprint density at radius 2 is 2.00 bits per heavy atom. The van der Waals surface area contributed by atoms with Crippen LogP contribution in [0.2, 0.25) is 0 Å². The summed E-state index contributed by atoms with van der Waals surface area (Å²) in [6.45, 7) is 8.32. The van der Waals surface area contributed by atoms with E-state index in [2.05, 4.69) is 32.2 Å². The molecule has 1 heteroatoms. The summed E-state index contributed by atoms with van der Waals surface area (Å²) in [5, 5.41) is 3.88. The minimum Gasteiger partial charge on any atom is -0.311 e. The Balaban J connectivity index is 1.80. The van der Waals surface area contributed by atoms with Crippen molar-refractivity contribution < 1.29 is 0 Å². The molecule has 0 aromatic rings. The summed E-state index contributed by atoms with van der Waals surface area (Å²) < 4.78 is 0. The minimum absolute atomic E-state index is 0.441. The number of hydrogen-bond acceptors (Lipinski definition) is 1. The maximum Gasteiger partial charge on any atom is 0.0153 e. The van der Waals surface area contributed by atoms with Crippen LogP contribution in [0.5, 0.6) is 0 Å². The molecule has 0 radical (unpaired) electrons. The maximum atomic E-state index is 3.88. The Morgan fingerprint density at radius 3 is 2.65 bits per heavy atom. The topological polar surface area (TPSA) is 12.0 Å². The lowest BCUT2D eigenvalue weighted by atomic mass is 9.80. The van der Waals surface area contributed by atoms with Crippen LogP contribution in [0, 0.1) is 11.8 Å². The second-order valence-electron chi connectivity index (χ2n) is 6.80. The van der Waals surface area contributed by atoms with E-state index >= 15 is 0 Å². The van der Waals surface area contributed by atoms with Gasteiger partial charge in [-0.05, 0) is 57.9 Å². The summed E-state index contributed by atoms with van der Waals surface area (Å²) in [6, 6.07) is 0. The van der Waals surface area contributed by atoms with Gasteiger partial charge in [0.05, 0.1) is 0 Å². The molecule has 0 bridgehead atoms. The lowest BCUT2D eigenvalue weighted by molar-refractivity contribution is 0.231. The van der Waals surface area contributed by atoms with Gasteiger partial charge in [0, 0.05) is 5.54 Å². The SMILES string of the molecule is CC1=CC(C)CC(CNC2(C)CCCCC2)C1. The van der Waals surface area contributed by atoms with E-state index in [-0.39, 0.29) is 0 Å². The van der Waals surface area contributed by atoms with E-state index in [0.717, 1.165) is 11.8 Å². The van der Waals surface area contributed by atoms with E-state index in [1.165, 1.54) is 51.5 Å². The molecule has 17 heavy (non-hydrogen) atoms. The first-order chi connectivity index (χ1) is 8.07. The summed E-state index contributed by atoms with van der Waals surface area (Å²) in [4.78, 5) is 0. The Bertz CT molecular complexity index is 273. The Labute approximate surface area is 107 Å². The molecule has 0 aromatic carbocycles. The molecule has 2 rings (SSSR count). The first-order valence-electron chi connectivity index (χ1n) is 7.50. The quantitative estimate of drug-likeness (QED) is 0.720. The zero-order valence-corrected chi connectivity index (χ0v) is 11.9. The van der Waals surface area contributed by atoms with E-state index in [9.17, 15) is 0 Å². The molecule has 1 fully saturated rings. The van der Waals surface area contributed by atoms with Crippen LogP contribution >= 0.6 is 0 Å². The third kappa shape index (κ3) is 3.84. The summed E-state index contributed by atoms with van der Waals surface area (Å²) in [6.07, 6.45) is 12.2. The second kappa shape index (κ2) is 5.56. The molecule has 2 aliphatic carbocycles.